The molecule has 0 radical (unpaired) electrons. The summed E-state index contributed by atoms with van der Waals surface area (Å²) in [6.07, 6.45) is 13.0. The van der Waals surface area contributed by atoms with Gasteiger partial charge in [-0.25, -0.2) is 0 Å². The summed E-state index contributed by atoms with van der Waals surface area (Å²) in [6, 6.07) is 0.198. The highest BCUT2D eigenvalue weighted by Crippen LogP contribution is 2.30. The molecule has 1 aliphatic carbocycles. The molecule has 0 saturated heterocycles. The van der Waals surface area contributed by atoms with Crippen LogP contribution in [0, 0.1) is 11.8 Å². The Kier molecular flexibility index (Phi) is 25.6. The molecule has 1 aliphatic rings. The van der Waals surface area contributed by atoms with Crippen molar-refractivity contribution >= 4 is 5.91 Å². The predicted molar refractivity (Wildman–Crippen MR) is 125 cm³/mol. The normalized spacial score (nSPS) is 19.5. The van der Waals surface area contributed by atoms with Gasteiger partial charge in [0.2, 0.25) is 5.91 Å². The molecule has 0 aromatic heterocycles. The molecule has 2 nitrogen and oxygen atoms in total. The molecule has 27 heavy (non-hydrogen) atoms. The summed E-state index contributed by atoms with van der Waals surface area (Å²) in [5, 5.41) is 3.19. The molecule has 0 aromatic rings. The van der Waals surface area contributed by atoms with Crippen LogP contribution in [0.15, 0.2) is 37.0 Å². The number of carbonyl (C=O) groups excluding carboxylic acids is 1. The molecule has 160 valence electrons. The molecule has 0 heterocycles. The van der Waals surface area contributed by atoms with Gasteiger partial charge in [0.15, 0.2) is 0 Å². The van der Waals surface area contributed by atoms with Gasteiger partial charge >= 0.3 is 0 Å². The molecule has 0 aliphatic heterocycles. The van der Waals surface area contributed by atoms with Gasteiger partial charge in [-0.15, -0.1) is 0 Å². The van der Waals surface area contributed by atoms with Crippen LogP contribution in [0.5, 0.6) is 0 Å². The Bertz CT molecular complexity index is 376. The van der Waals surface area contributed by atoms with E-state index in [-0.39, 0.29) is 11.9 Å². The summed E-state index contributed by atoms with van der Waals surface area (Å²) in [4.78, 5) is 12.2. The maximum absolute atomic E-state index is 12.2. The van der Waals surface area contributed by atoms with Crippen LogP contribution in [0.4, 0.5) is 0 Å². The molecule has 1 amide bonds. The van der Waals surface area contributed by atoms with Gasteiger partial charge in [-0.05, 0) is 43.1 Å². The first kappa shape index (κ1) is 30.4. The van der Waals surface area contributed by atoms with E-state index in [1.54, 1.807) is 6.08 Å². The fourth-order valence-electron chi connectivity index (χ4n) is 3.03. The summed E-state index contributed by atoms with van der Waals surface area (Å²) >= 11 is 0. The molecule has 1 atom stereocenters. The van der Waals surface area contributed by atoms with Crippen LogP contribution < -0.4 is 5.32 Å². The minimum absolute atomic E-state index is 0.198. The van der Waals surface area contributed by atoms with Crippen molar-refractivity contribution in [3.63, 3.8) is 0 Å². The zero-order valence-electron chi connectivity index (χ0n) is 19.7. The second kappa shape index (κ2) is 22.7. The number of carbonyl (C=O) groups is 1. The van der Waals surface area contributed by atoms with Gasteiger partial charge < -0.3 is 5.32 Å². The molecule has 0 aromatic carbocycles. The lowest BCUT2D eigenvalue weighted by Crippen LogP contribution is -2.36. The smallest absolute Gasteiger partial charge is 0.220 e. The molecule has 0 spiro atoms. The van der Waals surface area contributed by atoms with E-state index < -0.39 is 0 Å². The van der Waals surface area contributed by atoms with Gasteiger partial charge in [-0.3, -0.25) is 4.79 Å². The van der Waals surface area contributed by atoms with E-state index in [9.17, 15) is 4.79 Å². The third-order valence-electron chi connectivity index (χ3n) is 4.54. The zero-order chi connectivity index (χ0) is 21.7. The van der Waals surface area contributed by atoms with Gasteiger partial charge in [0.25, 0.3) is 0 Å². The summed E-state index contributed by atoms with van der Waals surface area (Å²) in [6.45, 7) is 24.0. The quantitative estimate of drug-likeness (QED) is 0.427. The topological polar surface area (TPSA) is 29.1 Å². The van der Waals surface area contributed by atoms with Gasteiger partial charge in [-0.2, -0.15) is 0 Å². The number of hydrogen-bond acceptors (Lipinski definition) is 1. The molecular formula is C25H49NO. The maximum Gasteiger partial charge on any atom is 0.220 e. The van der Waals surface area contributed by atoms with Crippen molar-refractivity contribution in [2.24, 2.45) is 11.8 Å². The molecule has 1 saturated carbocycles. The monoisotopic (exact) mass is 379 g/mol. The van der Waals surface area contributed by atoms with Crippen molar-refractivity contribution in [1.29, 1.82) is 0 Å². The van der Waals surface area contributed by atoms with Crippen LogP contribution in [0.3, 0.4) is 0 Å². The van der Waals surface area contributed by atoms with Crippen LogP contribution in [-0.2, 0) is 4.79 Å². The Balaban J connectivity index is -0.000000869. The number of allylic oxidation sites excluding steroid dienone is 3. The van der Waals surface area contributed by atoms with Crippen LogP contribution in [0.1, 0.15) is 100 Å². The third kappa shape index (κ3) is 16.6. The molecule has 1 rings (SSSR count). The highest BCUT2D eigenvalue weighted by atomic mass is 16.1. The minimum Gasteiger partial charge on any atom is -0.353 e. The summed E-state index contributed by atoms with van der Waals surface area (Å²) in [7, 11) is 0. The van der Waals surface area contributed by atoms with Gasteiger partial charge in [-0.1, -0.05) is 99.6 Å². The Morgan fingerprint density at radius 3 is 1.96 bits per heavy atom. The van der Waals surface area contributed by atoms with E-state index in [1.807, 2.05) is 53.7 Å². The second-order valence-corrected chi connectivity index (χ2v) is 6.39. The highest BCUT2D eigenvalue weighted by molar-refractivity contribution is 5.76. The Hall–Kier alpha value is -1.31. The lowest BCUT2D eigenvalue weighted by molar-refractivity contribution is -0.123. The maximum atomic E-state index is 12.2. The number of rotatable bonds is 8. The fourth-order valence-corrected chi connectivity index (χ4v) is 3.03. The van der Waals surface area contributed by atoms with E-state index in [0.29, 0.717) is 12.3 Å². The summed E-state index contributed by atoms with van der Waals surface area (Å²) in [5.74, 6) is 1.64. The van der Waals surface area contributed by atoms with Crippen molar-refractivity contribution < 1.29 is 4.79 Å². The van der Waals surface area contributed by atoms with Gasteiger partial charge in [0.05, 0.1) is 0 Å². The molecule has 0 bridgehead atoms. The molecule has 2 heteroatoms. The Morgan fingerprint density at radius 1 is 1.04 bits per heavy atom. The average molecular weight is 380 g/mol. The van der Waals surface area contributed by atoms with E-state index in [2.05, 4.69) is 32.3 Å². The first-order chi connectivity index (χ1) is 13.1. The zero-order valence-corrected chi connectivity index (χ0v) is 19.7. The van der Waals surface area contributed by atoms with Crippen LogP contribution in [0.2, 0.25) is 0 Å². The SMILES string of the molecule is C=C/C=C(\C=C)CC(CC)NC(=O)CC1CCC(C)CC1.CC.CC.CC. The van der Waals surface area contributed by atoms with Crippen molar-refractivity contribution in [3.05, 3.63) is 37.0 Å². The van der Waals surface area contributed by atoms with Gasteiger partial charge in [0, 0.05) is 12.5 Å². The lowest BCUT2D eigenvalue weighted by Gasteiger charge is -2.26. The van der Waals surface area contributed by atoms with E-state index >= 15 is 0 Å². The van der Waals surface area contributed by atoms with Crippen LogP contribution >= 0.6 is 0 Å². The van der Waals surface area contributed by atoms with Crippen molar-refractivity contribution in [3.8, 4) is 0 Å². The number of nitrogens with one attached hydrogen (secondary N) is 1. The summed E-state index contributed by atoms with van der Waals surface area (Å²) < 4.78 is 0. The molecular weight excluding hydrogens is 330 g/mol. The van der Waals surface area contributed by atoms with Gasteiger partial charge in [0.1, 0.15) is 0 Å². The third-order valence-corrected chi connectivity index (χ3v) is 4.54. The summed E-state index contributed by atoms with van der Waals surface area (Å²) in [5.41, 5.74) is 1.13. The average Bonchev–Trinajstić information content (AvgIpc) is 2.73. The first-order valence-corrected chi connectivity index (χ1v) is 11.3. The Labute approximate surface area is 171 Å². The van der Waals surface area contributed by atoms with E-state index in [4.69, 9.17) is 0 Å². The number of hydrogen-bond donors (Lipinski definition) is 1. The molecule has 1 N–H and O–H groups in total. The van der Waals surface area contributed by atoms with Crippen molar-refractivity contribution in [1.82, 2.24) is 5.32 Å². The van der Waals surface area contributed by atoms with E-state index in [0.717, 1.165) is 24.3 Å². The second-order valence-electron chi connectivity index (χ2n) is 6.39. The van der Waals surface area contributed by atoms with Crippen molar-refractivity contribution in [2.75, 3.05) is 0 Å². The number of amides is 1. The molecule has 1 fully saturated rings. The fraction of sp³-hybridized carbons (Fsp3) is 0.720. The minimum atomic E-state index is 0.198. The highest BCUT2D eigenvalue weighted by Gasteiger charge is 2.21. The molecule has 1 unspecified atom stereocenters. The lowest BCUT2D eigenvalue weighted by atomic mass is 9.81. The van der Waals surface area contributed by atoms with Crippen LogP contribution in [-0.4, -0.2) is 11.9 Å². The largest absolute Gasteiger partial charge is 0.353 e. The first-order valence-electron chi connectivity index (χ1n) is 11.3. The standard InChI is InChI=1S/C19H31NO.3C2H6/c1-5-8-16(6-2)13-18(7-3)20-19(21)14-17-11-9-15(4)10-12-17;3*1-2/h5-6,8,15,17-18H,1-2,7,9-14H2,3-4H3,(H,20,21);3*1-2H3/b16-8+;;;. The Morgan fingerprint density at radius 2 is 1.56 bits per heavy atom. The van der Waals surface area contributed by atoms with E-state index in [1.165, 1.54) is 25.7 Å². The predicted octanol–water partition coefficient (Wildman–Crippen LogP) is 7.86. The van der Waals surface area contributed by atoms with Crippen molar-refractivity contribution in [2.45, 2.75) is 106 Å². The van der Waals surface area contributed by atoms with Crippen LogP contribution in [0.25, 0.3) is 0 Å².